The summed E-state index contributed by atoms with van der Waals surface area (Å²) >= 11 is 5.89. The van der Waals surface area contributed by atoms with Crippen molar-refractivity contribution >= 4 is 23.2 Å². The fourth-order valence-corrected chi connectivity index (χ4v) is 3.68. The maximum Gasteiger partial charge on any atom is 0.435 e. The Bertz CT molecular complexity index is 845. The number of fused-ring (bicyclic) bond motifs is 1. The van der Waals surface area contributed by atoms with E-state index < -0.39 is 11.9 Å². The molecule has 27 heavy (non-hydrogen) atoms. The van der Waals surface area contributed by atoms with E-state index in [1.807, 2.05) is 6.92 Å². The lowest BCUT2D eigenvalue weighted by Gasteiger charge is -2.14. The van der Waals surface area contributed by atoms with Gasteiger partial charge in [-0.3, -0.25) is 9.48 Å². The summed E-state index contributed by atoms with van der Waals surface area (Å²) in [4.78, 5) is 12.1. The molecule has 4 nitrogen and oxygen atoms in total. The Morgan fingerprint density at radius 1 is 1.30 bits per heavy atom. The molecule has 8 heteroatoms. The van der Waals surface area contributed by atoms with Gasteiger partial charge in [0, 0.05) is 34.9 Å². The molecule has 1 aromatic heterocycles. The summed E-state index contributed by atoms with van der Waals surface area (Å²) in [5.74, 6) is -0.183. The van der Waals surface area contributed by atoms with Gasteiger partial charge < -0.3 is 5.32 Å². The van der Waals surface area contributed by atoms with E-state index in [4.69, 9.17) is 11.6 Å². The molecule has 1 aliphatic rings. The van der Waals surface area contributed by atoms with Crippen molar-refractivity contribution in [1.82, 2.24) is 9.78 Å². The molecule has 0 fully saturated rings. The molecule has 0 bridgehead atoms. The van der Waals surface area contributed by atoms with Crippen molar-refractivity contribution in [2.24, 2.45) is 0 Å². The number of alkyl halides is 3. The van der Waals surface area contributed by atoms with Crippen LogP contribution in [-0.4, -0.2) is 15.7 Å². The zero-order valence-corrected chi connectivity index (χ0v) is 15.8. The van der Waals surface area contributed by atoms with Crippen molar-refractivity contribution in [2.45, 2.75) is 58.2 Å². The summed E-state index contributed by atoms with van der Waals surface area (Å²) in [5.41, 5.74) is 1.77. The lowest BCUT2D eigenvalue weighted by atomic mass is 9.95. The molecule has 146 valence electrons. The van der Waals surface area contributed by atoms with E-state index in [1.54, 1.807) is 18.2 Å². The third-order valence-corrected chi connectivity index (χ3v) is 5.00. The first kappa shape index (κ1) is 19.7. The van der Waals surface area contributed by atoms with Crippen molar-refractivity contribution in [1.29, 1.82) is 0 Å². The van der Waals surface area contributed by atoms with Crippen LogP contribution in [0.2, 0.25) is 5.02 Å². The van der Waals surface area contributed by atoms with E-state index in [0.29, 0.717) is 47.8 Å². The molecule has 1 amide bonds. The highest BCUT2D eigenvalue weighted by Crippen LogP contribution is 2.35. The van der Waals surface area contributed by atoms with Crippen molar-refractivity contribution in [2.75, 3.05) is 5.32 Å². The molecule has 1 aliphatic carbocycles. The number of nitrogens with one attached hydrogen (secondary N) is 1. The Morgan fingerprint density at radius 3 is 2.74 bits per heavy atom. The van der Waals surface area contributed by atoms with Crippen molar-refractivity contribution in [3.05, 3.63) is 45.7 Å². The smallest absolute Gasteiger partial charge is 0.326 e. The molecule has 0 aliphatic heterocycles. The van der Waals surface area contributed by atoms with Crippen LogP contribution in [0.4, 0.5) is 18.9 Å². The van der Waals surface area contributed by atoms with Gasteiger partial charge in [-0.05, 0) is 62.8 Å². The second kappa shape index (κ2) is 7.92. The van der Waals surface area contributed by atoms with Gasteiger partial charge in [-0.1, -0.05) is 11.6 Å². The third kappa shape index (κ3) is 4.64. The Labute approximate surface area is 160 Å². The predicted octanol–water partition coefficient (Wildman–Crippen LogP) is 5.16. The maximum atomic E-state index is 13.2. The number of hydrogen-bond donors (Lipinski definition) is 1. The van der Waals surface area contributed by atoms with Gasteiger partial charge >= 0.3 is 6.18 Å². The van der Waals surface area contributed by atoms with Crippen LogP contribution in [0.5, 0.6) is 0 Å². The molecule has 0 unspecified atom stereocenters. The number of anilines is 1. The number of rotatable bonds is 5. The van der Waals surface area contributed by atoms with Gasteiger partial charge in [0.15, 0.2) is 5.69 Å². The van der Waals surface area contributed by atoms with Gasteiger partial charge in [-0.15, -0.1) is 0 Å². The summed E-state index contributed by atoms with van der Waals surface area (Å²) in [7, 11) is 0. The largest absolute Gasteiger partial charge is 0.435 e. The quantitative estimate of drug-likeness (QED) is 0.754. The number of benzene rings is 1. The Balaban J connectivity index is 1.62. The minimum absolute atomic E-state index is 0.183. The third-order valence-electron chi connectivity index (χ3n) is 4.76. The second-order valence-corrected chi connectivity index (χ2v) is 7.25. The Hall–Kier alpha value is -2.02. The Morgan fingerprint density at radius 2 is 2.04 bits per heavy atom. The summed E-state index contributed by atoms with van der Waals surface area (Å²) in [6.07, 6.45) is -1.16. The average Bonchev–Trinajstić information content (AvgIpc) is 2.97. The van der Waals surface area contributed by atoms with Crippen LogP contribution in [-0.2, 0) is 30.4 Å². The molecule has 3 rings (SSSR count). The van der Waals surface area contributed by atoms with Crippen LogP contribution in [0, 0.1) is 6.92 Å². The highest BCUT2D eigenvalue weighted by atomic mass is 35.5. The fraction of sp³-hybridized carbons (Fsp3) is 0.474. The van der Waals surface area contributed by atoms with Crippen LogP contribution < -0.4 is 5.32 Å². The first-order chi connectivity index (χ1) is 12.8. The summed E-state index contributed by atoms with van der Waals surface area (Å²) in [6, 6.07) is 5.18. The molecular formula is C19H21ClF3N3O. The first-order valence-electron chi connectivity index (χ1n) is 8.97. The molecule has 0 spiro atoms. The highest BCUT2D eigenvalue weighted by Gasteiger charge is 2.39. The number of amides is 1. The minimum atomic E-state index is -4.43. The maximum absolute atomic E-state index is 13.2. The molecule has 0 saturated carbocycles. The van der Waals surface area contributed by atoms with Crippen molar-refractivity contribution in [3.63, 3.8) is 0 Å². The van der Waals surface area contributed by atoms with Crippen molar-refractivity contribution in [3.8, 4) is 0 Å². The molecular weight excluding hydrogens is 379 g/mol. The molecule has 1 heterocycles. The lowest BCUT2D eigenvalue weighted by Crippen LogP contribution is -2.15. The monoisotopic (exact) mass is 399 g/mol. The Kier molecular flexibility index (Phi) is 5.79. The van der Waals surface area contributed by atoms with Gasteiger partial charge in [0.25, 0.3) is 0 Å². The fourth-order valence-electron chi connectivity index (χ4n) is 3.45. The average molecular weight is 400 g/mol. The van der Waals surface area contributed by atoms with E-state index in [2.05, 4.69) is 10.4 Å². The van der Waals surface area contributed by atoms with Crippen molar-refractivity contribution < 1.29 is 18.0 Å². The van der Waals surface area contributed by atoms with Gasteiger partial charge in [-0.2, -0.15) is 18.3 Å². The predicted molar refractivity (Wildman–Crippen MR) is 97.9 cm³/mol. The highest BCUT2D eigenvalue weighted by molar-refractivity contribution is 6.30. The number of halogens is 4. The standard InChI is InChI=1S/C19H21ClF3N3O/c1-12-11-13(20)8-9-15(12)24-17(27)7-4-10-26-16-6-3-2-5-14(16)18(25-26)19(21,22)23/h8-9,11H,2-7,10H2,1H3,(H,24,27). The van der Waals surface area contributed by atoms with E-state index in [-0.39, 0.29) is 12.3 Å². The zero-order valence-electron chi connectivity index (χ0n) is 15.0. The molecule has 1 N–H and O–H groups in total. The van der Waals surface area contributed by atoms with Gasteiger partial charge in [0.1, 0.15) is 0 Å². The number of carbonyl (C=O) groups is 1. The molecule has 0 radical (unpaired) electrons. The van der Waals surface area contributed by atoms with Gasteiger partial charge in [0.2, 0.25) is 5.91 Å². The normalized spacial score (nSPS) is 14.1. The minimum Gasteiger partial charge on any atom is -0.326 e. The molecule has 0 saturated heterocycles. The van der Waals surface area contributed by atoms with Crippen LogP contribution in [0.1, 0.15) is 48.2 Å². The summed E-state index contributed by atoms with van der Waals surface area (Å²) in [6.45, 7) is 2.14. The van der Waals surface area contributed by atoms with Crippen LogP contribution in [0.15, 0.2) is 18.2 Å². The van der Waals surface area contributed by atoms with Crippen LogP contribution in [0.25, 0.3) is 0 Å². The zero-order chi connectivity index (χ0) is 19.6. The van der Waals surface area contributed by atoms with E-state index >= 15 is 0 Å². The topological polar surface area (TPSA) is 46.9 Å². The van der Waals surface area contributed by atoms with Crippen LogP contribution in [0.3, 0.4) is 0 Å². The number of aryl methyl sites for hydroxylation is 2. The van der Waals surface area contributed by atoms with Crippen LogP contribution >= 0.6 is 11.6 Å². The summed E-state index contributed by atoms with van der Waals surface area (Å²) < 4.78 is 41.0. The molecule has 1 aromatic carbocycles. The summed E-state index contributed by atoms with van der Waals surface area (Å²) in [5, 5.41) is 7.21. The number of carbonyl (C=O) groups excluding carboxylic acids is 1. The van der Waals surface area contributed by atoms with E-state index in [0.717, 1.165) is 18.4 Å². The molecule has 0 atom stereocenters. The lowest BCUT2D eigenvalue weighted by molar-refractivity contribution is -0.142. The number of nitrogens with zero attached hydrogens (tertiary/aromatic N) is 2. The van der Waals surface area contributed by atoms with Gasteiger partial charge in [0.05, 0.1) is 0 Å². The second-order valence-electron chi connectivity index (χ2n) is 6.81. The van der Waals surface area contributed by atoms with E-state index in [9.17, 15) is 18.0 Å². The first-order valence-corrected chi connectivity index (χ1v) is 9.35. The number of hydrogen-bond acceptors (Lipinski definition) is 2. The van der Waals surface area contributed by atoms with Gasteiger partial charge in [-0.25, -0.2) is 0 Å². The van der Waals surface area contributed by atoms with E-state index in [1.165, 1.54) is 4.68 Å². The SMILES string of the molecule is Cc1cc(Cl)ccc1NC(=O)CCCn1nc(C(F)(F)F)c2c1CCCC2. The number of aromatic nitrogens is 2. The molecule has 2 aromatic rings.